The SMILES string of the molecule is CC(C)CC(NC(=O)OCC1c2ccccc2-c2ccccc21)C(=O)NCC(CC1CC1)C(=O)O. The van der Waals surface area contributed by atoms with E-state index in [4.69, 9.17) is 4.74 Å². The third-order valence-corrected chi connectivity index (χ3v) is 6.85. The summed E-state index contributed by atoms with van der Waals surface area (Å²) in [5.41, 5.74) is 4.53. The number of carbonyl (C=O) groups is 3. The van der Waals surface area contributed by atoms with E-state index in [-0.39, 0.29) is 30.9 Å². The van der Waals surface area contributed by atoms with E-state index < -0.39 is 24.0 Å². The van der Waals surface area contributed by atoms with Crippen molar-refractivity contribution in [2.75, 3.05) is 13.2 Å². The number of hydrogen-bond acceptors (Lipinski definition) is 4. The van der Waals surface area contributed by atoms with Crippen LogP contribution >= 0.6 is 0 Å². The highest BCUT2D eigenvalue weighted by Gasteiger charge is 2.32. The fourth-order valence-electron chi connectivity index (χ4n) is 4.86. The molecule has 2 aliphatic carbocycles. The van der Waals surface area contributed by atoms with Crippen LogP contribution in [-0.2, 0) is 14.3 Å². The molecule has 2 unspecified atom stereocenters. The average molecular weight is 479 g/mol. The highest BCUT2D eigenvalue weighted by atomic mass is 16.5. The number of fused-ring (bicyclic) bond motifs is 3. The van der Waals surface area contributed by atoms with Crippen LogP contribution in [0.4, 0.5) is 4.79 Å². The summed E-state index contributed by atoms with van der Waals surface area (Å²) >= 11 is 0. The van der Waals surface area contributed by atoms with E-state index in [0.717, 1.165) is 35.1 Å². The van der Waals surface area contributed by atoms with Gasteiger partial charge in [-0.2, -0.15) is 0 Å². The zero-order valence-corrected chi connectivity index (χ0v) is 20.3. The second-order valence-corrected chi connectivity index (χ2v) is 10.1. The molecule has 186 valence electrons. The van der Waals surface area contributed by atoms with Gasteiger partial charge < -0.3 is 20.5 Å². The van der Waals surface area contributed by atoms with Crippen LogP contribution in [0.3, 0.4) is 0 Å². The summed E-state index contributed by atoms with van der Waals surface area (Å²) in [6.45, 7) is 4.16. The lowest BCUT2D eigenvalue weighted by Crippen LogP contribution is -2.49. The van der Waals surface area contributed by atoms with E-state index in [2.05, 4.69) is 34.9 Å². The predicted octanol–water partition coefficient (Wildman–Crippen LogP) is 4.56. The summed E-state index contributed by atoms with van der Waals surface area (Å²) in [5, 5.41) is 14.9. The summed E-state index contributed by atoms with van der Waals surface area (Å²) in [5.74, 6) is -1.36. The molecule has 0 saturated heterocycles. The van der Waals surface area contributed by atoms with Crippen LogP contribution in [0.2, 0.25) is 0 Å². The Hall–Kier alpha value is -3.35. The molecule has 0 aliphatic heterocycles. The monoisotopic (exact) mass is 478 g/mol. The second-order valence-electron chi connectivity index (χ2n) is 10.1. The third kappa shape index (κ3) is 6.21. The fourth-order valence-corrected chi connectivity index (χ4v) is 4.86. The van der Waals surface area contributed by atoms with Crippen molar-refractivity contribution in [2.45, 2.75) is 51.5 Å². The van der Waals surface area contributed by atoms with Crippen molar-refractivity contribution in [3.63, 3.8) is 0 Å². The van der Waals surface area contributed by atoms with Gasteiger partial charge in [-0.1, -0.05) is 75.2 Å². The number of benzene rings is 2. The molecule has 35 heavy (non-hydrogen) atoms. The van der Waals surface area contributed by atoms with Crippen molar-refractivity contribution in [1.29, 1.82) is 0 Å². The minimum absolute atomic E-state index is 0.0611. The molecule has 3 N–H and O–H groups in total. The molecule has 4 rings (SSSR count). The molecule has 2 amide bonds. The summed E-state index contributed by atoms with van der Waals surface area (Å²) in [7, 11) is 0. The zero-order valence-electron chi connectivity index (χ0n) is 20.3. The Morgan fingerprint density at radius 3 is 2.14 bits per heavy atom. The van der Waals surface area contributed by atoms with Gasteiger partial charge in [0.15, 0.2) is 0 Å². The first-order valence-electron chi connectivity index (χ1n) is 12.5. The van der Waals surface area contributed by atoms with Crippen molar-refractivity contribution >= 4 is 18.0 Å². The fraction of sp³-hybridized carbons (Fsp3) is 0.464. The van der Waals surface area contributed by atoms with Gasteiger partial charge in [0.05, 0.1) is 5.92 Å². The normalized spacial score (nSPS) is 16.2. The molecule has 0 aromatic heterocycles. The highest BCUT2D eigenvalue weighted by molar-refractivity contribution is 5.86. The van der Waals surface area contributed by atoms with Crippen LogP contribution in [0, 0.1) is 17.8 Å². The number of carbonyl (C=O) groups excluding carboxylic acids is 2. The molecular weight excluding hydrogens is 444 g/mol. The van der Waals surface area contributed by atoms with Crippen molar-refractivity contribution in [3.8, 4) is 11.1 Å². The molecule has 2 aromatic rings. The van der Waals surface area contributed by atoms with E-state index in [9.17, 15) is 19.5 Å². The summed E-state index contributed by atoms with van der Waals surface area (Å²) in [4.78, 5) is 37.1. The van der Waals surface area contributed by atoms with Crippen LogP contribution < -0.4 is 10.6 Å². The summed E-state index contributed by atoms with van der Waals surface area (Å²) < 4.78 is 5.60. The molecule has 0 bridgehead atoms. The Morgan fingerprint density at radius 2 is 1.60 bits per heavy atom. The molecule has 0 heterocycles. The lowest BCUT2D eigenvalue weighted by Gasteiger charge is -2.22. The number of ether oxygens (including phenoxy) is 1. The number of nitrogens with one attached hydrogen (secondary N) is 2. The van der Waals surface area contributed by atoms with Gasteiger partial charge in [-0.3, -0.25) is 9.59 Å². The van der Waals surface area contributed by atoms with Gasteiger partial charge in [0.1, 0.15) is 12.6 Å². The van der Waals surface area contributed by atoms with Gasteiger partial charge in [0.2, 0.25) is 5.91 Å². The molecule has 7 heteroatoms. The number of hydrogen-bond donors (Lipinski definition) is 3. The van der Waals surface area contributed by atoms with Gasteiger partial charge in [-0.15, -0.1) is 0 Å². The van der Waals surface area contributed by atoms with Crippen molar-refractivity contribution in [2.24, 2.45) is 17.8 Å². The maximum atomic E-state index is 12.9. The zero-order chi connectivity index (χ0) is 24.9. The lowest BCUT2D eigenvalue weighted by atomic mass is 9.98. The largest absolute Gasteiger partial charge is 0.481 e. The maximum absolute atomic E-state index is 12.9. The van der Waals surface area contributed by atoms with E-state index in [1.165, 1.54) is 0 Å². The molecule has 1 saturated carbocycles. The molecule has 7 nitrogen and oxygen atoms in total. The predicted molar refractivity (Wildman–Crippen MR) is 133 cm³/mol. The Kier molecular flexibility index (Phi) is 7.73. The number of carboxylic acids is 1. The third-order valence-electron chi connectivity index (χ3n) is 6.85. The Balaban J connectivity index is 1.35. The van der Waals surface area contributed by atoms with Crippen LogP contribution in [0.1, 0.15) is 56.6 Å². The highest BCUT2D eigenvalue weighted by Crippen LogP contribution is 2.44. The molecule has 2 aliphatic rings. The first kappa shape index (κ1) is 24.8. The van der Waals surface area contributed by atoms with Crippen LogP contribution in [-0.4, -0.2) is 42.3 Å². The minimum atomic E-state index is -0.901. The Labute approximate surface area is 206 Å². The van der Waals surface area contributed by atoms with E-state index in [1.807, 2.05) is 38.1 Å². The van der Waals surface area contributed by atoms with Gasteiger partial charge in [-0.25, -0.2) is 4.79 Å². The summed E-state index contributed by atoms with van der Waals surface area (Å²) in [6, 6.07) is 15.4. The van der Waals surface area contributed by atoms with Gasteiger partial charge >= 0.3 is 12.1 Å². The van der Waals surface area contributed by atoms with Crippen molar-refractivity contribution < 1.29 is 24.2 Å². The number of amides is 2. The average Bonchev–Trinajstić information content (AvgIpc) is 3.60. The summed E-state index contributed by atoms with van der Waals surface area (Å²) in [6.07, 6.45) is 2.45. The lowest BCUT2D eigenvalue weighted by molar-refractivity contribution is -0.142. The standard InChI is InChI=1S/C28H34N2O5/c1-17(2)13-25(26(31)29-15-19(27(32)33)14-18-11-12-18)30-28(34)35-16-24-22-9-5-3-7-20(22)21-8-4-6-10-23(21)24/h3-10,17-19,24-25H,11-16H2,1-2H3,(H,29,31)(H,30,34)(H,32,33). The number of carboxylic acid groups (broad SMARTS) is 1. The van der Waals surface area contributed by atoms with E-state index in [1.54, 1.807) is 0 Å². The number of alkyl carbamates (subject to hydrolysis) is 1. The first-order valence-corrected chi connectivity index (χ1v) is 12.5. The quantitative estimate of drug-likeness (QED) is 0.439. The van der Waals surface area contributed by atoms with E-state index in [0.29, 0.717) is 18.8 Å². The Morgan fingerprint density at radius 1 is 1.00 bits per heavy atom. The molecule has 2 atom stereocenters. The topological polar surface area (TPSA) is 105 Å². The molecule has 0 spiro atoms. The minimum Gasteiger partial charge on any atom is -0.481 e. The molecule has 0 radical (unpaired) electrons. The smallest absolute Gasteiger partial charge is 0.407 e. The van der Waals surface area contributed by atoms with Gasteiger partial charge in [0, 0.05) is 12.5 Å². The maximum Gasteiger partial charge on any atom is 0.407 e. The second kappa shape index (κ2) is 10.9. The molecule has 1 fully saturated rings. The van der Waals surface area contributed by atoms with Crippen LogP contribution in [0.5, 0.6) is 0 Å². The Bertz CT molecular complexity index is 1030. The number of aliphatic carboxylic acids is 1. The number of rotatable bonds is 11. The van der Waals surface area contributed by atoms with E-state index >= 15 is 0 Å². The molecule has 2 aromatic carbocycles. The van der Waals surface area contributed by atoms with Crippen molar-refractivity contribution in [3.05, 3.63) is 59.7 Å². The van der Waals surface area contributed by atoms with Gasteiger partial charge in [-0.05, 0) is 46.9 Å². The molecular formula is C28H34N2O5. The van der Waals surface area contributed by atoms with Crippen LogP contribution in [0.15, 0.2) is 48.5 Å². The van der Waals surface area contributed by atoms with Crippen LogP contribution in [0.25, 0.3) is 11.1 Å². The van der Waals surface area contributed by atoms with Gasteiger partial charge in [0.25, 0.3) is 0 Å². The van der Waals surface area contributed by atoms with Crippen molar-refractivity contribution in [1.82, 2.24) is 10.6 Å². The first-order chi connectivity index (χ1) is 16.8.